The van der Waals surface area contributed by atoms with Crippen LogP contribution in [0, 0.1) is 0 Å². The largest absolute Gasteiger partial charge is 0.370 e. The molecule has 0 saturated carbocycles. The molecule has 3 heterocycles. The summed E-state index contributed by atoms with van der Waals surface area (Å²) in [5.74, 6) is 7.49. The number of aromatic nitrogens is 4. The highest BCUT2D eigenvalue weighted by Gasteiger charge is 2.23. The third-order valence-corrected chi connectivity index (χ3v) is 4.55. The summed E-state index contributed by atoms with van der Waals surface area (Å²) in [6.07, 6.45) is 4.89. The number of rotatable bonds is 4. The number of nitrogen functional groups attached to an aromatic ring is 1. The van der Waals surface area contributed by atoms with Gasteiger partial charge in [0.15, 0.2) is 5.82 Å². The minimum Gasteiger partial charge on any atom is -0.370 e. The number of hydrogen-bond acceptors (Lipinski definition) is 6. The van der Waals surface area contributed by atoms with Crippen molar-refractivity contribution >= 4 is 23.4 Å². The fourth-order valence-electron chi connectivity index (χ4n) is 2.19. The van der Waals surface area contributed by atoms with Gasteiger partial charge < -0.3 is 10.6 Å². The molecule has 3 rings (SSSR count). The number of thioether (sulfide) groups is 1. The molecular formula is C13H16ClN5OS. The van der Waals surface area contributed by atoms with E-state index < -0.39 is 0 Å². The van der Waals surface area contributed by atoms with Crippen LogP contribution in [-0.2, 0) is 10.5 Å². The van der Waals surface area contributed by atoms with Crippen LogP contribution in [-0.4, -0.2) is 26.5 Å². The molecule has 1 aliphatic heterocycles. The SMILES string of the molecule is Nn1c(SCc2ccc(Cl)nc2)nnc1[C@H]1CCCCO1. The molecule has 0 bridgehead atoms. The lowest BCUT2D eigenvalue weighted by Crippen LogP contribution is -2.21. The maximum Gasteiger partial charge on any atom is 0.210 e. The second-order valence-corrected chi connectivity index (χ2v) is 6.17. The molecule has 0 aliphatic carbocycles. The Balaban J connectivity index is 1.66. The van der Waals surface area contributed by atoms with E-state index in [9.17, 15) is 0 Å². The van der Waals surface area contributed by atoms with E-state index in [1.54, 1.807) is 12.3 Å². The zero-order valence-corrected chi connectivity index (χ0v) is 13.0. The lowest BCUT2D eigenvalue weighted by molar-refractivity contribution is 0.00780. The molecule has 6 nitrogen and oxygen atoms in total. The molecule has 1 aliphatic rings. The maximum absolute atomic E-state index is 6.08. The minimum atomic E-state index is -0.0391. The van der Waals surface area contributed by atoms with Gasteiger partial charge in [0.2, 0.25) is 5.16 Å². The van der Waals surface area contributed by atoms with Crippen molar-refractivity contribution in [1.29, 1.82) is 0 Å². The van der Waals surface area contributed by atoms with Gasteiger partial charge in [-0.2, -0.15) is 0 Å². The predicted molar refractivity (Wildman–Crippen MR) is 81.5 cm³/mol. The van der Waals surface area contributed by atoms with Crippen LogP contribution in [0.1, 0.15) is 36.8 Å². The van der Waals surface area contributed by atoms with Crippen molar-refractivity contribution in [1.82, 2.24) is 19.9 Å². The molecule has 0 aromatic carbocycles. The fraction of sp³-hybridized carbons (Fsp3) is 0.462. The fourth-order valence-corrected chi connectivity index (χ4v) is 3.10. The van der Waals surface area contributed by atoms with Gasteiger partial charge in [0.05, 0.1) is 0 Å². The lowest BCUT2D eigenvalue weighted by atomic mass is 10.1. The monoisotopic (exact) mass is 325 g/mol. The van der Waals surface area contributed by atoms with Crippen LogP contribution in [0.2, 0.25) is 5.15 Å². The van der Waals surface area contributed by atoms with Gasteiger partial charge in [-0.3, -0.25) is 0 Å². The van der Waals surface area contributed by atoms with Gasteiger partial charge in [-0.1, -0.05) is 29.4 Å². The molecule has 0 amide bonds. The summed E-state index contributed by atoms with van der Waals surface area (Å²) in [6, 6.07) is 3.70. The van der Waals surface area contributed by atoms with Crippen LogP contribution in [0.5, 0.6) is 0 Å². The molecule has 0 spiro atoms. The van der Waals surface area contributed by atoms with E-state index in [4.69, 9.17) is 22.2 Å². The average Bonchev–Trinajstić information content (AvgIpc) is 2.89. The van der Waals surface area contributed by atoms with E-state index in [2.05, 4.69) is 15.2 Å². The maximum atomic E-state index is 6.08. The summed E-state index contributed by atoms with van der Waals surface area (Å²) in [4.78, 5) is 4.05. The zero-order chi connectivity index (χ0) is 14.7. The highest BCUT2D eigenvalue weighted by molar-refractivity contribution is 7.98. The van der Waals surface area contributed by atoms with Crippen molar-refractivity contribution in [2.24, 2.45) is 0 Å². The molecular weight excluding hydrogens is 310 g/mol. The Hall–Kier alpha value is -1.31. The molecule has 1 fully saturated rings. The zero-order valence-electron chi connectivity index (χ0n) is 11.4. The molecule has 0 radical (unpaired) electrons. The van der Waals surface area contributed by atoms with E-state index in [1.165, 1.54) is 16.4 Å². The van der Waals surface area contributed by atoms with Crippen LogP contribution in [0.15, 0.2) is 23.5 Å². The molecule has 21 heavy (non-hydrogen) atoms. The normalized spacial score (nSPS) is 18.8. The Morgan fingerprint density at radius 2 is 2.29 bits per heavy atom. The summed E-state index contributed by atoms with van der Waals surface area (Å²) in [7, 11) is 0. The average molecular weight is 326 g/mol. The van der Waals surface area contributed by atoms with E-state index in [1.807, 2.05) is 6.07 Å². The van der Waals surface area contributed by atoms with Gasteiger partial charge in [-0.15, -0.1) is 10.2 Å². The number of nitrogens with two attached hydrogens (primary N) is 1. The number of pyridine rings is 1. The first-order valence-corrected chi connectivity index (χ1v) is 8.15. The Morgan fingerprint density at radius 1 is 1.38 bits per heavy atom. The molecule has 0 unspecified atom stereocenters. The summed E-state index contributed by atoms with van der Waals surface area (Å²) < 4.78 is 7.23. The Morgan fingerprint density at radius 3 is 3.00 bits per heavy atom. The topological polar surface area (TPSA) is 78.9 Å². The number of halogens is 1. The van der Waals surface area contributed by atoms with Crippen LogP contribution >= 0.6 is 23.4 Å². The highest BCUT2D eigenvalue weighted by atomic mass is 35.5. The van der Waals surface area contributed by atoms with Crippen LogP contribution in [0.3, 0.4) is 0 Å². The quantitative estimate of drug-likeness (QED) is 0.529. The minimum absolute atomic E-state index is 0.0391. The standard InChI is InChI=1S/C13H16ClN5OS/c14-11-5-4-9(7-16-11)8-21-13-18-17-12(19(13)15)10-3-1-2-6-20-10/h4-5,7,10H,1-3,6,8,15H2/t10-/m1/s1. The van der Waals surface area contributed by atoms with E-state index >= 15 is 0 Å². The molecule has 2 aromatic rings. The smallest absolute Gasteiger partial charge is 0.210 e. The molecule has 112 valence electrons. The molecule has 1 saturated heterocycles. The molecule has 2 N–H and O–H groups in total. The van der Waals surface area contributed by atoms with Crippen molar-refractivity contribution < 1.29 is 4.74 Å². The van der Waals surface area contributed by atoms with Gasteiger partial charge in [0.25, 0.3) is 0 Å². The van der Waals surface area contributed by atoms with Crippen molar-refractivity contribution in [3.05, 3.63) is 34.9 Å². The van der Waals surface area contributed by atoms with Gasteiger partial charge in [0, 0.05) is 18.6 Å². The van der Waals surface area contributed by atoms with Crippen molar-refractivity contribution in [3.63, 3.8) is 0 Å². The van der Waals surface area contributed by atoms with Gasteiger partial charge in [0.1, 0.15) is 11.3 Å². The second-order valence-electron chi connectivity index (χ2n) is 4.84. The Bertz CT molecular complexity index is 597. The first-order valence-electron chi connectivity index (χ1n) is 6.79. The number of hydrogen-bond donors (Lipinski definition) is 1. The summed E-state index contributed by atoms with van der Waals surface area (Å²) in [5, 5.41) is 9.48. The summed E-state index contributed by atoms with van der Waals surface area (Å²) in [6.45, 7) is 0.760. The van der Waals surface area contributed by atoms with Crippen molar-refractivity contribution in [2.75, 3.05) is 12.4 Å². The van der Waals surface area contributed by atoms with Crippen LogP contribution < -0.4 is 5.84 Å². The molecule has 8 heteroatoms. The Kier molecular flexibility index (Phi) is 4.62. The van der Waals surface area contributed by atoms with Crippen molar-refractivity contribution in [3.8, 4) is 0 Å². The summed E-state index contributed by atoms with van der Waals surface area (Å²) in [5.41, 5.74) is 1.06. The lowest BCUT2D eigenvalue weighted by Gasteiger charge is -2.21. The Labute approximate surface area is 132 Å². The van der Waals surface area contributed by atoms with Crippen LogP contribution in [0.25, 0.3) is 0 Å². The summed E-state index contributed by atoms with van der Waals surface area (Å²) >= 11 is 7.28. The van der Waals surface area contributed by atoms with Gasteiger partial charge in [-0.25, -0.2) is 9.66 Å². The third-order valence-electron chi connectivity index (χ3n) is 3.32. The number of ether oxygens (including phenoxy) is 1. The predicted octanol–water partition coefficient (Wildman–Crippen LogP) is 2.57. The highest BCUT2D eigenvalue weighted by Crippen LogP contribution is 2.28. The van der Waals surface area contributed by atoms with Gasteiger partial charge in [-0.05, 0) is 30.9 Å². The van der Waals surface area contributed by atoms with Crippen molar-refractivity contribution in [2.45, 2.75) is 36.3 Å². The second kappa shape index (κ2) is 6.64. The van der Waals surface area contributed by atoms with E-state index in [0.29, 0.717) is 21.9 Å². The van der Waals surface area contributed by atoms with Crippen LogP contribution in [0.4, 0.5) is 0 Å². The number of nitrogens with zero attached hydrogens (tertiary/aromatic N) is 4. The first-order chi connectivity index (χ1) is 10.2. The first kappa shape index (κ1) is 14.6. The van der Waals surface area contributed by atoms with Gasteiger partial charge >= 0.3 is 0 Å². The van der Waals surface area contributed by atoms with E-state index in [-0.39, 0.29) is 6.10 Å². The molecule has 1 atom stereocenters. The van der Waals surface area contributed by atoms with E-state index in [0.717, 1.165) is 31.4 Å². The molecule has 2 aromatic heterocycles. The third kappa shape index (κ3) is 3.48.